The number of amides is 1. The Morgan fingerprint density at radius 3 is 2.32 bits per heavy atom. The Labute approximate surface area is 214 Å². The van der Waals surface area contributed by atoms with Crippen molar-refractivity contribution in [3.8, 4) is 17.6 Å². The van der Waals surface area contributed by atoms with Gasteiger partial charge in [-0.15, -0.1) is 0 Å². The highest BCUT2D eigenvalue weighted by Gasteiger charge is 2.26. The third kappa shape index (κ3) is 7.26. The number of hydrogen-bond donors (Lipinski definition) is 3. The van der Waals surface area contributed by atoms with Crippen LogP contribution in [0.4, 0.5) is 4.39 Å². The van der Waals surface area contributed by atoms with Gasteiger partial charge in [-0.2, -0.15) is 0 Å². The number of nitrogens with one attached hydrogen (secondary N) is 2. The molecule has 1 aromatic heterocycles. The molecule has 0 radical (unpaired) electrons. The summed E-state index contributed by atoms with van der Waals surface area (Å²) in [5, 5.41) is 12.6. The molecule has 1 aliphatic heterocycles. The Morgan fingerprint density at radius 2 is 1.70 bits per heavy atom. The summed E-state index contributed by atoms with van der Waals surface area (Å²) >= 11 is 0. The maximum absolute atomic E-state index is 12.7. The summed E-state index contributed by atoms with van der Waals surface area (Å²) in [6.45, 7) is 3.46. The van der Waals surface area contributed by atoms with Crippen LogP contribution in [0.1, 0.15) is 33.9 Å². The number of ether oxygens (including phenoxy) is 1. The zero-order valence-electron chi connectivity index (χ0n) is 20.4. The summed E-state index contributed by atoms with van der Waals surface area (Å²) in [4.78, 5) is 33.1. The molecule has 1 unspecified atom stereocenters. The third-order valence-corrected chi connectivity index (χ3v) is 6.11. The molecule has 37 heavy (non-hydrogen) atoms. The van der Waals surface area contributed by atoms with Crippen molar-refractivity contribution in [1.82, 2.24) is 20.2 Å². The molecule has 8 nitrogen and oxygen atoms in total. The summed E-state index contributed by atoms with van der Waals surface area (Å²) < 4.78 is 18.0. The minimum absolute atomic E-state index is 0.0546. The molecule has 0 spiro atoms. The van der Waals surface area contributed by atoms with E-state index in [2.05, 4.69) is 44.2 Å². The molecule has 1 amide bonds. The van der Waals surface area contributed by atoms with E-state index in [-0.39, 0.29) is 18.7 Å². The molecule has 0 aliphatic carbocycles. The van der Waals surface area contributed by atoms with E-state index < -0.39 is 29.8 Å². The molecule has 2 heterocycles. The minimum atomic E-state index is -0.957. The lowest BCUT2D eigenvalue weighted by Crippen LogP contribution is -2.35. The maximum Gasteiger partial charge on any atom is 0.293 e. The molecule has 2 aromatic carbocycles. The lowest BCUT2D eigenvalue weighted by molar-refractivity contribution is -0.122. The Balaban J connectivity index is 1.43. The number of morpholine rings is 1. The summed E-state index contributed by atoms with van der Waals surface area (Å²) in [5.74, 6) is 4.21. The number of carbonyl (C=O) groups excluding carboxylic acids is 1. The summed E-state index contributed by atoms with van der Waals surface area (Å²) in [6, 6.07) is 15.6. The zero-order chi connectivity index (χ0) is 26.0. The van der Waals surface area contributed by atoms with Gasteiger partial charge in [-0.1, -0.05) is 36.1 Å². The highest BCUT2D eigenvalue weighted by atomic mass is 19.1. The zero-order valence-corrected chi connectivity index (χ0v) is 20.4. The molecule has 1 aliphatic rings. The van der Waals surface area contributed by atoms with Gasteiger partial charge in [0.2, 0.25) is 11.7 Å². The van der Waals surface area contributed by atoms with Gasteiger partial charge in [0, 0.05) is 37.3 Å². The Bertz CT molecular complexity index is 1310. The number of aromatic amines is 1. The van der Waals surface area contributed by atoms with E-state index in [1.807, 2.05) is 36.4 Å². The first kappa shape index (κ1) is 26.1. The van der Waals surface area contributed by atoms with E-state index in [9.17, 15) is 19.1 Å². The smallest absolute Gasteiger partial charge is 0.293 e. The molecule has 0 bridgehead atoms. The van der Waals surface area contributed by atoms with Gasteiger partial charge in [-0.05, 0) is 41.8 Å². The van der Waals surface area contributed by atoms with Gasteiger partial charge in [0.05, 0.1) is 25.5 Å². The highest BCUT2D eigenvalue weighted by molar-refractivity contribution is 5.84. The molecule has 1 saturated heterocycles. The monoisotopic (exact) mass is 504 g/mol. The topological polar surface area (TPSA) is 108 Å². The Kier molecular flexibility index (Phi) is 9.03. The summed E-state index contributed by atoms with van der Waals surface area (Å²) in [6.07, 6.45) is 1.29. The van der Waals surface area contributed by atoms with Gasteiger partial charge in [-0.3, -0.25) is 14.5 Å². The molecule has 192 valence electrons. The number of carbonyl (C=O) groups is 1. The van der Waals surface area contributed by atoms with Crippen LogP contribution < -0.4 is 10.9 Å². The van der Waals surface area contributed by atoms with Crippen molar-refractivity contribution in [1.29, 1.82) is 0 Å². The standard InChI is InChI=1S/C28H29FN4O4/c29-11-12-30-27(35)24(25-26(34)28(36)32-19-31-25)17-22-7-3-20(4-8-22)1-2-21-5-9-23(10-6-21)18-33-13-15-37-16-14-33/h3-10,19,24,34H,11-18H2,(H,30,35)(H,31,32,36). The van der Waals surface area contributed by atoms with Crippen LogP contribution in [0.5, 0.6) is 5.75 Å². The van der Waals surface area contributed by atoms with E-state index in [0.29, 0.717) is 0 Å². The molecule has 1 atom stereocenters. The van der Waals surface area contributed by atoms with Crippen LogP contribution in [-0.4, -0.2) is 65.4 Å². The number of alkyl halides is 1. The molecule has 9 heteroatoms. The van der Waals surface area contributed by atoms with Gasteiger partial charge in [0.15, 0.2) is 0 Å². The number of hydrogen-bond acceptors (Lipinski definition) is 6. The first-order valence-corrected chi connectivity index (χ1v) is 12.1. The summed E-state index contributed by atoms with van der Waals surface area (Å²) in [7, 11) is 0. The van der Waals surface area contributed by atoms with E-state index >= 15 is 0 Å². The average molecular weight is 505 g/mol. The number of halogens is 1. The second-order valence-electron chi connectivity index (χ2n) is 8.73. The van der Waals surface area contributed by atoms with E-state index in [1.165, 1.54) is 5.56 Å². The quantitative estimate of drug-likeness (QED) is 0.406. The fraction of sp³-hybridized carbons (Fsp3) is 0.321. The molecule has 4 rings (SSSR count). The minimum Gasteiger partial charge on any atom is -0.502 e. The van der Waals surface area contributed by atoms with Gasteiger partial charge in [-0.25, -0.2) is 9.37 Å². The highest BCUT2D eigenvalue weighted by Crippen LogP contribution is 2.24. The number of rotatable bonds is 8. The number of H-pyrrole nitrogens is 1. The van der Waals surface area contributed by atoms with Crippen LogP contribution in [0.15, 0.2) is 59.7 Å². The molecule has 3 aromatic rings. The van der Waals surface area contributed by atoms with Crippen molar-refractivity contribution in [2.75, 3.05) is 39.5 Å². The average Bonchev–Trinajstić information content (AvgIpc) is 2.93. The second kappa shape index (κ2) is 12.8. The van der Waals surface area contributed by atoms with Crippen molar-refractivity contribution in [2.24, 2.45) is 0 Å². The van der Waals surface area contributed by atoms with E-state index in [0.717, 1.165) is 55.9 Å². The normalized spacial score (nSPS) is 14.4. The number of aromatic hydroxyl groups is 1. The van der Waals surface area contributed by atoms with Crippen LogP contribution >= 0.6 is 0 Å². The molecule has 1 fully saturated rings. The SMILES string of the molecule is O=C(NCCF)C(Cc1ccc(C#Cc2ccc(CN3CCOCC3)cc2)cc1)c1nc[nH]c(=O)c1O. The van der Waals surface area contributed by atoms with Gasteiger partial charge in [0.1, 0.15) is 12.4 Å². The predicted molar refractivity (Wildman–Crippen MR) is 137 cm³/mol. The van der Waals surface area contributed by atoms with Crippen molar-refractivity contribution < 1.29 is 19.0 Å². The first-order chi connectivity index (χ1) is 18.0. The fourth-order valence-corrected chi connectivity index (χ4v) is 4.08. The second-order valence-corrected chi connectivity index (χ2v) is 8.73. The first-order valence-electron chi connectivity index (χ1n) is 12.1. The summed E-state index contributed by atoms with van der Waals surface area (Å²) in [5.41, 5.74) is 2.93. The molecular formula is C28H29FN4O4. The lowest BCUT2D eigenvalue weighted by Gasteiger charge is -2.26. The third-order valence-electron chi connectivity index (χ3n) is 6.11. The molecule has 0 saturated carbocycles. The van der Waals surface area contributed by atoms with Crippen molar-refractivity contribution >= 4 is 5.91 Å². The lowest BCUT2D eigenvalue weighted by atomic mass is 9.94. The van der Waals surface area contributed by atoms with E-state index in [4.69, 9.17) is 4.74 Å². The van der Waals surface area contributed by atoms with Crippen LogP contribution in [0, 0.1) is 11.8 Å². The number of benzene rings is 2. The van der Waals surface area contributed by atoms with Crippen molar-refractivity contribution in [3.63, 3.8) is 0 Å². The Hall–Kier alpha value is -4.00. The van der Waals surface area contributed by atoms with Crippen LogP contribution in [0.3, 0.4) is 0 Å². The fourth-order valence-electron chi connectivity index (χ4n) is 4.08. The predicted octanol–water partition coefficient (Wildman–Crippen LogP) is 2.12. The van der Waals surface area contributed by atoms with Crippen LogP contribution in [-0.2, 0) is 22.5 Å². The van der Waals surface area contributed by atoms with Crippen molar-refractivity contribution in [2.45, 2.75) is 18.9 Å². The Morgan fingerprint density at radius 1 is 1.08 bits per heavy atom. The van der Waals surface area contributed by atoms with Crippen LogP contribution in [0.2, 0.25) is 0 Å². The van der Waals surface area contributed by atoms with Gasteiger partial charge < -0.3 is 20.1 Å². The van der Waals surface area contributed by atoms with Gasteiger partial charge in [0.25, 0.3) is 5.56 Å². The maximum atomic E-state index is 12.7. The van der Waals surface area contributed by atoms with Gasteiger partial charge >= 0.3 is 0 Å². The molecule has 3 N–H and O–H groups in total. The molecular weight excluding hydrogens is 475 g/mol. The largest absolute Gasteiger partial charge is 0.502 e. The van der Waals surface area contributed by atoms with Crippen LogP contribution in [0.25, 0.3) is 0 Å². The van der Waals surface area contributed by atoms with Crippen molar-refractivity contribution in [3.05, 3.63) is 93.2 Å². The number of nitrogens with zero attached hydrogens (tertiary/aromatic N) is 2. The number of aromatic nitrogens is 2. The van der Waals surface area contributed by atoms with E-state index in [1.54, 1.807) is 0 Å².